The molecule has 1 atom stereocenters. The molecular formula is C27H30N4O5. The van der Waals surface area contributed by atoms with Crippen LogP contribution in [0.25, 0.3) is 16.8 Å². The van der Waals surface area contributed by atoms with Gasteiger partial charge in [-0.15, -0.1) is 0 Å². The molecule has 36 heavy (non-hydrogen) atoms. The van der Waals surface area contributed by atoms with Crippen molar-refractivity contribution >= 4 is 11.4 Å². The fraction of sp³-hybridized carbons (Fsp3) is 0.296. The first-order chi connectivity index (χ1) is 17.4. The molecule has 9 nitrogen and oxygen atoms in total. The van der Waals surface area contributed by atoms with Gasteiger partial charge in [0.1, 0.15) is 11.3 Å². The second-order valence-electron chi connectivity index (χ2n) is 8.27. The van der Waals surface area contributed by atoms with Gasteiger partial charge in [0, 0.05) is 30.9 Å². The van der Waals surface area contributed by atoms with Crippen LogP contribution in [0.3, 0.4) is 0 Å². The highest BCUT2D eigenvalue weighted by Gasteiger charge is 2.14. The largest absolute Gasteiger partial charge is 0.494 e. The Balaban J connectivity index is 1.42. The van der Waals surface area contributed by atoms with Gasteiger partial charge in [-0.1, -0.05) is 6.07 Å². The molecular weight excluding hydrogens is 460 g/mol. The Labute approximate surface area is 209 Å². The molecule has 9 heteroatoms. The summed E-state index contributed by atoms with van der Waals surface area (Å²) in [6, 6.07) is 14.6. The minimum atomic E-state index is -0.233. The number of carbonyl (C=O) groups excluding carboxylic acids is 1. The number of hydrogen-bond acceptors (Lipinski definition) is 6. The summed E-state index contributed by atoms with van der Waals surface area (Å²) < 4.78 is 19.2. The zero-order valence-corrected chi connectivity index (χ0v) is 20.9. The lowest BCUT2D eigenvalue weighted by molar-refractivity contribution is -0.121. The predicted molar refractivity (Wildman–Crippen MR) is 137 cm³/mol. The van der Waals surface area contributed by atoms with Crippen molar-refractivity contribution in [3.8, 4) is 28.5 Å². The zero-order valence-electron chi connectivity index (χ0n) is 20.9. The third-order valence-electron chi connectivity index (χ3n) is 5.93. The lowest BCUT2D eigenvalue weighted by Gasteiger charge is -2.17. The minimum absolute atomic E-state index is 0.160. The fourth-order valence-electron chi connectivity index (χ4n) is 3.97. The van der Waals surface area contributed by atoms with E-state index in [9.17, 15) is 9.59 Å². The summed E-state index contributed by atoms with van der Waals surface area (Å²) in [4.78, 5) is 25.6. The van der Waals surface area contributed by atoms with Crippen LogP contribution in [-0.2, 0) is 11.3 Å². The van der Waals surface area contributed by atoms with E-state index in [4.69, 9.17) is 14.2 Å². The molecule has 0 aliphatic heterocycles. The highest BCUT2D eigenvalue weighted by molar-refractivity contribution is 5.76. The van der Waals surface area contributed by atoms with Gasteiger partial charge in [0.15, 0.2) is 11.5 Å². The van der Waals surface area contributed by atoms with Crippen molar-refractivity contribution in [2.75, 3.05) is 20.8 Å². The first-order valence-corrected chi connectivity index (χ1v) is 11.8. The van der Waals surface area contributed by atoms with Gasteiger partial charge in [-0.3, -0.25) is 9.59 Å². The molecule has 0 radical (unpaired) electrons. The maximum atomic E-state index is 13.0. The van der Waals surface area contributed by atoms with Crippen LogP contribution in [0.4, 0.5) is 0 Å². The molecule has 4 aromatic rings. The van der Waals surface area contributed by atoms with Crippen molar-refractivity contribution in [1.29, 1.82) is 0 Å². The Kier molecular flexibility index (Phi) is 7.58. The summed E-state index contributed by atoms with van der Waals surface area (Å²) in [6.45, 7) is 4.68. The summed E-state index contributed by atoms with van der Waals surface area (Å²) >= 11 is 0. The summed E-state index contributed by atoms with van der Waals surface area (Å²) in [6.07, 6.45) is 3.53. The van der Waals surface area contributed by atoms with Crippen LogP contribution in [-0.4, -0.2) is 40.9 Å². The molecule has 0 aliphatic rings. The van der Waals surface area contributed by atoms with Gasteiger partial charge in [0.2, 0.25) is 5.91 Å². The number of benzene rings is 2. The molecule has 188 valence electrons. The minimum Gasteiger partial charge on any atom is -0.494 e. The van der Waals surface area contributed by atoms with E-state index in [1.165, 1.54) is 4.57 Å². The zero-order chi connectivity index (χ0) is 25.7. The molecule has 1 amide bonds. The first-order valence-electron chi connectivity index (χ1n) is 11.8. The molecule has 4 rings (SSSR count). The second kappa shape index (κ2) is 11.0. The molecule has 0 spiro atoms. The van der Waals surface area contributed by atoms with Gasteiger partial charge in [-0.05, 0) is 61.9 Å². The number of nitrogens with one attached hydrogen (secondary N) is 1. The van der Waals surface area contributed by atoms with E-state index in [0.29, 0.717) is 29.3 Å². The number of carbonyl (C=O) groups is 1. The van der Waals surface area contributed by atoms with Gasteiger partial charge in [0.05, 0.1) is 32.6 Å². The van der Waals surface area contributed by atoms with Crippen molar-refractivity contribution in [1.82, 2.24) is 19.5 Å². The number of amides is 1. The van der Waals surface area contributed by atoms with Crippen LogP contribution in [0, 0.1) is 0 Å². The number of rotatable bonds is 10. The maximum Gasteiger partial charge on any atom is 0.276 e. The van der Waals surface area contributed by atoms with Gasteiger partial charge >= 0.3 is 0 Å². The quantitative estimate of drug-likeness (QED) is 0.363. The molecule has 0 saturated carbocycles. The maximum absolute atomic E-state index is 13.0. The van der Waals surface area contributed by atoms with E-state index in [-0.39, 0.29) is 30.5 Å². The van der Waals surface area contributed by atoms with Crippen molar-refractivity contribution < 1.29 is 19.0 Å². The van der Waals surface area contributed by atoms with Crippen LogP contribution < -0.4 is 25.1 Å². The SMILES string of the molecule is CCOc1ccc(-c2cc3c(=O)n(CCC(=O)N[C@@H](C)c4ccc(OC)c(OC)c4)ccn3n2)cc1. The van der Waals surface area contributed by atoms with Gasteiger partial charge in [-0.2, -0.15) is 5.10 Å². The van der Waals surface area contributed by atoms with E-state index >= 15 is 0 Å². The fourth-order valence-corrected chi connectivity index (χ4v) is 3.97. The summed E-state index contributed by atoms with van der Waals surface area (Å²) in [5.74, 6) is 1.85. The lowest BCUT2D eigenvalue weighted by Crippen LogP contribution is -2.29. The molecule has 0 bridgehead atoms. The number of fused-ring (bicyclic) bond motifs is 1. The predicted octanol–water partition coefficient (Wildman–Crippen LogP) is 3.85. The van der Waals surface area contributed by atoms with Crippen LogP contribution in [0.2, 0.25) is 0 Å². The van der Waals surface area contributed by atoms with Crippen LogP contribution in [0.1, 0.15) is 31.9 Å². The highest BCUT2D eigenvalue weighted by atomic mass is 16.5. The van der Waals surface area contributed by atoms with Gasteiger partial charge in [0.25, 0.3) is 5.56 Å². The lowest BCUT2D eigenvalue weighted by atomic mass is 10.1. The van der Waals surface area contributed by atoms with Crippen LogP contribution >= 0.6 is 0 Å². The monoisotopic (exact) mass is 490 g/mol. The second-order valence-corrected chi connectivity index (χ2v) is 8.27. The van der Waals surface area contributed by atoms with E-state index in [2.05, 4.69) is 10.4 Å². The number of ether oxygens (including phenoxy) is 3. The molecule has 0 fully saturated rings. The Morgan fingerprint density at radius 3 is 2.47 bits per heavy atom. The number of methoxy groups -OCH3 is 2. The molecule has 0 aliphatic carbocycles. The Morgan fingerprint density at radius 2 is 1.78 bits per heavy atom. The standard InChI is InChI=1S/C27H30N4O5/c1-5-36-21-9-6-19(7-10-21)22-17-23-27(33)30(14-15-31(23)29-22)13-12-26(32)28-18(2)20-8-11-24(34-3)25(16-20)35-4/h6-11,14-18H,5,12-13H2,1-4H3,(H,28,32)/t18-/m0/s1. The van der Waals surface area contributed by atoms with Gasteiger partial charge < -0.3 is 24.1 Å². The molecule has 0 saturated heterocycles. The summed E-state index contributed by atoms with van der Waals surface area (Å²) in [7, 11) is 3.15. The number of nitrogens with zero attached hydrogens (tertiary/aromatic N) is 3. The smallest absolute Gasteiger partial charge is 0.276 e. The van der Waals surface area contributed by atoms with E-state index in [0.717, 1.165) is 16.9 Å². The van der Waals surface area contributed by atoms with Crippen molar-refractivity contribution in [2.24, 2.45) is 0 Å². The average molecular weight is 491 g/mol. The van der Waals surface area contributed by atoms with E-state index in [1.807, 2.05) is 50.2 Å². The first kappa shape index (κ1) is 24.8. The summed E-state index contributed by atoms with van der Waals surface area (Å²) in [5.41, 5.74) is 2.70. The Hall–Kier alpha value is -4.27. The van der Waals surface area contributed by atoms with Gasteiger partial charge in [-0.25, -0.2) is 4.52 Å². The highest BCUT2D eigenvalue weighted by Crippen LogP contribution is 2.30. The molecule has 2 aromatic carbocycles. The number of aryl methyl sites for hydroxylation is 1. The summed E-state index contributed by atoms with van der Waals surface area (Å²) in [5, 5.41) is 7.49. The van der Waals surface area contributed by atoms with Crippen LogP contribution in [0.5, 0.6) is 17.2 Å². The van der Waals surface area contributed by atoms with E-state index in [1.54, 1.807) is 43.3 Å². The molecule has 2 heterocycles. The average Bonchev–Trinajstić information content (AvgIpc) is 3.34. The Bertz CT molecular complexity index is 1410. The third-order valence-corrected chi connectivity index (χ3v) is 5.93. The van der Waals surface area contributed by atoms with Crippen molar-refractivity contribution in [3.63, 3.8) is 0 Å². The van der Waals surface area contributed by atoms with Crippen molar-refractivity contribution in [3.05, 3.63) is 76.8 Å². The van der Waals surface area contributed by atoms with Crippen molar-refractivity contribution in [2.45, 2.75) is 32.9 Å². The molecule has 1 N–H and O–H groups in total. The molecule has 0 unspecified atom stereocenters. The number of aromatic nitrogens is 3. The molecule has 2 aromatic heterocycles. The normalized spacial score (nSPS) is 11.8. The van der Waals surface area contributed by atoms with E-state index < -0.39 is 0 Å². The number of hydrogen-bond donors (Lipinski definition) is 1. The van der Waals surface area contributed by atoms with Crippen LogP contribution in [0.15, 0.2) is 65.7 Å². The topological polar surface area (TPSA) is 96.1 Å². The Morgan fingerprint density at radius 1 is 1.03 bits per heavy atom. The third kappa shape index (κ3) is 5.35.